The fourth-order valence-corrected chi connectivity index (χ4v) is 9.16. The first-order chi connectivity index (χ1) is 26.2. The molecule has 2 amide bonds. The van der Waals surface area contributed by atoms with Crippen molar-refractivity contribution >= 4 is 12.0 Å². The quantitative estimate of drug-likeness (QED) is 0.109. The molecule has 2 aliphatic heterocycles. The lowest BCUT2D eigenvalue weighted by molar-refractivity contribution is -0.138. The fraction of sp³-hybridized carbons (Fsp3) is 0.535. The summed E-state index contributed by atoms with van der Waals surface area (Å²) in [4.78, 5) is 48.8. The molecule has 3 aliphatic rings. The Morgan fingerprint density at radius 3 is 1.83 bits per heavy atom. The van der Waals surface area contributed by atoms with Gasteiger partial charge in [-0.3, -0.25) is 9.69 Å². The van der Waals surface area contributed by atoms with Gasteiger partial charge in [0.15, 0.2) is 0 Å². The van der Waals surface area contributed by atoms with Gasteiger partial charge in [0.1, 0.15) is 11.6 Å². The number of carbonyl (C=O) groups excluding carboxylic acids is 1. The number of likely N-dealkylation sites (tertiary alicyclic amines) is 2. The van der Waals surface area contributed by atoms with Crippen molar-refractivity contribution in [2.75, 3.05) is 32.7 Å². The highest BCUT2D eigenvalue weighted by Gasteiger charge is 2.38. The van der Waals surface area contributed by atoms with Crippen molar-refractivity contribution in [1.29, 1.82) is 0 Å². The average Bonchev–Trinajstić information content (AvgIpc) is 4.02. The summed E-state index contributed by atoms with van der Waals surface area (Å²) in [7, 11) is 0. The van der Waals surface area contributed by atoms with E-state index in [1.807, 2.05) is 12.4 Å². The molecule has 0 radical (unpaired) electrons. The molecule has 7 rings (SSSR count). The van der Waals surface area contributed by atoms with E-state index in [-0.39, 0.29) is 30.0 Å². The van der Waals surface area contributed by atoms with Crippen LogP contribution in [0.25, 0.3) is 33.6 Å². The first-order valence-electron chi connectivity index (χ1n) is 20.3. The van der Waals surface area contributed by atoms with Crippen molar-refractivity contribution in [2.45, 2.75) is 103 Å². The van der Waals surface area contributed by atoms with Gasteiger partial charge < -0.3 is 30.2 Å². The largest absolute Gasteiger partial charge is 0.465 e. The van der Waals surface area contributed by atoms with Gasteiger partial charge in [0.05, 0.1) is 35.9 Å². The summed E-state index contributed by atoms with van der Waals surface area (Å²) < 4.78 is 0. The molecule has 0 unspecified atom stereocenters. The van der Waals surface area contributed by atoms with Gasteiger partial charge in [0.2, 0.25) is 5.91 Å². The Bertz CT molecular complexity index is 1840. The number of benzene rings is 2. The van der Waals surface area contributed by atoms with Crippen molar-refractivity contribution in [1.82, 2.24) is 40.0 Å². The van der Waals surface area contributed by atoms with Gasteiger partial charge in [-0.15, -0.1) is 0 Å². The second kappa shape index (κ2) is 16.9. The van der Waals surface area contributed by atoms with Gasteiger partial charge in [0.25, 0.3) is 0 Å². The minimum absolute atomic E-state index is 0.0194. The minimum Gasteiger partial charge on any atom is -0.465 e. The van der Waals surface area contributed by atoms with E-state index in [0.29, 0.717) is 18.5 Å². The van der Waals surface area contributed by atoms with Crippen molar-refractivity contribution in [3.8, 4) is 33.6 Å². The minimum atomic E-state index is -0.977. The molecule has 1 saturated carbocycles. The Kier molecular flexibility index (Phi) is 11.8. The summed E-state index contributed by atoms with van der Waals surface area (Å²) in [6, 6.07) is 17.8. The Morgan fingerprint density at radius 1 is 0.778 bits per heavy atom. The van der Waals surface area contributed by atoms with Crippen LogP contribution < -0.4 is 5.32 Å². The van der Waals surface area contributed by atoms with Crippen LogP contribution in [0.1, 0.15) is 103 Å². The van der Waals surface area contributed by atoms with Crippen LogP contribution in [0.5, 0.6) is 0 Å². The topological polar surface area (TPSA) is 133 Å². The highest BCUT2D eigenvalue weighted by molar-refractivity contribution is 5.80. The molecular weight excluding hydrogens is 677 g/mol. The lowest BCUT2D eigenvalue weighted by Crippen LogP contribution is -2.46. The van der Waals surface area contributed by atoms with Gasteiger partial charge >= 0.3 is 6.09 Å². The number of hydrogen-bond acceptors (Lipinski definition) is 6. The van der Waals surface area contributed by atoms with E-state index in [1.165, 1.54) is 0 Å². The summed E-state index contributed by atoms with van der Waals surface area (Å²) in [5, 5.41) is 12.0. The number of H-pyrrole nitrogens is 2. The van der Waals surface area contributed by atoms with Crippen molar-refractivity contribution in [3.05, 3.63) is 72.6 Å². The number of amides is 2. The molecule has 4 heterocycles. The van der Waals surface area contributed by atoms with E-state index in [4.69, 9.17) is 9.97 Å². The standard InChI is InChI=1S/C43H58N8O3/c1-5-49(6-2)34-21-19-33(20-22-34)42(52)51-24-8-10-39(51)41-45-26-36(47-41)32-17-13-30(14-18-32)29-11-15-31(16-12-29)35-25-44-40(46-35)38-9-7-23-50(38)27-37(28(3)4)48-43(53)54/h11-18,25-26,28,33-34,37-39,48H,5-10,19-24,27H2,1-4H3,(H,44,46)(H,45,47)(H,53,54)/t33-,34+,37-,38+,39+/m1/s1. The van der Waals surface area contributed by atoms with Crippen LogP contribution in [0.2, 0.25) is 0 Å². The SMILES string of the molecule is CCN(CC)[C@H]1CC[C@@H](C(=O)N2CCC[C@H]2c2ncc(-c3ccc(-c4ccc(-c5cnc([C@@H]6CCCN6C[C@@H](NC(=O)O)C(C)C)[nH]5)cc4)cc3)[nH]2)CC1. The van der Waals surface area contributed by atoms with Crippen molar-refractivity contribution < 1.29 is 14.7 Å². The Morgan fingerprint density at radius 2 is 1.30 bits per heavy atom. The zero-order valence-electron chi connectivity index (χ0n) is 32.4. The molecule has 11 heteroatoms. The number of carboxylic acid groups (broad SMARTS) is 1. The molecule has 4 N–H and O–H groups in total. The first kappa shape index (κ1) is 37.8. The van der Waals surface area contributed by atoms with Crippen LogP contribution >= 0.6 is 0 Å². The molecule has 1 aliphatic carbocycles. The monoisotopic (exact) mass is 734 g/mol. The average molecular weight is 735 g/mol. The first-order valence-corrected chi connectivity index (χ1v) is 20.3. The number of aromatic nitrogens is 4. The molecule has 2 aromatic carbocycles. The van der Waals surface area contributed by atoms with Crippen LogP contribution in [0.4, 0.5) is 4.79 Å². The lowest BCUT2D eigenvalue weighted by atomic mass is 9.84. The van der Waals surface area contributed by atoms with E-state index in [2.05, 4.69) is 106 Å². The molecule has 0 bridgehead atoms. The van der Waals surface area contributed by atoms with Crippen molar-refractivity contribution in [2.24, 2.45) is 11.8 Å². The number of imidazole rings is 2. The molecular formula is C43H58N8O3. The predicted octanol–water partition coefficient (Wildman–Crippen LogP) is 8.13. The summed E-state index contributed by atoms with van der Waals surface area (Å²) in [6.07, 6.45) is 11.1. The number of nitrogens with one attached hydrogen (secondary N) is 3. The van der Waals surface area contributed by atoms with Gasteiger partial charge in [-0.25, -0.2) is 14.8 Å². The van der Waals surface area contributed by atoms with Crippen LogP contribution in [0.15, 0.2) is 60.9 Å². The fourth-order valence-electron chi connectivity index (χ4n) is 9.16. The molecule has 3 fully saturated rings. The molecule has 54 heavy (non-hydrogen) atoms. The number of hydrogen-bond donors (Lipinski definition) is 4. The third kappa shape index (κ3) is 8.27. The summed E-state index contributed by atoms with van der Waals surface area (Å²) in [5.41, 5.74) is 6.36. The highest BCUT2D eigenvalue weighted by Crippen LogP contribution is 2.37. The van der Waals surface area contributed by atoms with Gasteiger partial charge in [-0.1, -0.05) is 76.2 Å². The normalized spacial score (nSPS) is 22.7. The smallest absolute Gasteiger partial charge is 0.404 e. The number of nitrogens with zero attached hydrogens (tertiary/aromatic N) is 5. The molecule has 0 spiro atoms. The van der Waals surface area contributed by atoms with Crippen LogP contribution in [0, 0.1) is 11.8 Å². The Hall–Kier alpha value is -4.48. The molecule has 11 nitrogen and oxygen atoms in total. The zero-order valence-corrected chi connectivity index (χ0v) is 32.4. The van der Waals surface area contributed by atoms with Crippen molar-refractivity contribution in [3.63, 3.8) is 0 Å². The lowest BCUT2D eigenvalue weighted by Gasteiger charge is -2.37. The molecule has 288 valence electrons. The highest BCUT2D eigenvalue weighted by atomic mass is 16.4. The molecule has 4 aromatic rings. The maximum absolute atomic E-state index is 13.7. The van der Waals surface area contributed by atoms with E-state index in [1.54, 1.807) is 0 Å². The van der Waals surface area contributed by atoms with Gasteiger partial charge in [0, 0.05) is 31.1 Å². The summed E-state index contributed by atoms with van der Waals surface area (Å²) in [5.74, 6) is 2.48. The molecule has 3 atom stereocenters. The summed E-state index contributed by atoms with van der Waals surface area (Å²) >= 11 is 0. The number of rotatable bonds is 13. The number of aromatic amines is 2. The van der Waals surface area contributed by atoms with Crippen LogP contribution in [-0.4, -0.2) is 96.6 Å². The maximum atomic E-state index is 13.7. The Labute approximate surface area is 320 Å². The van der Waals surface area contributed by atoms with E-state index in [9.17, 15) is 14.7 Å². The molecule has 2 aromatic heterocycles. The molecule has 2 saturated heterocycles. The maximum Gasteiger partial charge on any atom is 0.404 e. The van der Waals surface area contributed by atoms with Gasteiger partial charge in [-0.2, -0.15) is 0 Å². The third-order valence-corrected chi connectivity index (χ3v) is 12.4. The van der Waals surface area contributed by atoms with E-state index in [0.717, 1.165) is 123 Å². The van der Waals surface area contributed by atoms with E-state index < -0.39 is 6.09 Å². The zero-order chi connectivity index (χ0) is 37.8. The number of carbonyl (C=O) groups is 2. The Balaban J connectivity index is 0.962. The summed E-state index contributed by atoms with van der Waals surface area (Å²) in [6.45, 7) is 13.2. The van der Waals surface area contributed by atoms with Crippen LogP contribution in [-0.2, 0) is 4.79 Å². The predicted molar refractivity (Wildman–Crippen MR) is 213 cm³/mol. The van der Waals surface area contributed by atoms with Crippen LogP contribution in [0.3, 0.4) is 0 Å². The second-order valence-electron chi connectivity index (χ2n) is 15.9. The van der Waals surface area contributed by atoms with E-state index >= 15 is 0 Å². The van der Waals surface area contributed by atoms with Gasteiger partial charge in [-0.05, 0) is 99.2 Å². The third-order valence-electron chi connectivity index (χ3n) is 12.4. The second-order valence-corrected chi connectivity index (χ2v) is 15.9.